The number of piperidine rings is 1. The van der Waals surface area contributed by atoms with Crippen molar-refractivity contribution in [3.05, 3.63) is 41.5 Å². The zero-order chi connectivity index (χ0) is 34.4. The molecular formula is C34H52FN5O5. The fourth-order valence-electron chi connectivity index (χ4n) is 7.58. The van der Waals surface area contributed by atoms with Gasteiger partial charge in [-0.15, -0.1) is 0 Å². The summed E-state index contributed by atoms with van der Waals surface area (Å²) >= 11 is 0. The van der Waals surface area contributed by atoms with E-state index in [0.717, 1.165) is 5.69 Å². The lowest BCUT2D eigenvalue weighted by atomic mass is 9.48. The summed E-state index contributed by atoms with van der Waals surface area (Å²) in [6.07, 6.45) is -1.38. The Labute approximate surface area is 267 Å². The average molecular weight is 630 g/mol. The van der Waals surface area contributed by atoms with Crippen molar-refractivity contribution >= 4 is 29.5 Å². The van der Waals surface area contributed by atoms with Crippen LogP contribution < -0.4 is 5.32 Å². The van der Waals surface area contributed by atoms with Crippen LogP contribution >= 0.6 is 0 Å². The first-order valence-electron chi connectivity index (χ1n) is 15.5. The van der Waals surface area contributed by atoms with E-state index in [9.17, 15) is 19.8 Å². The first-order chi connectivity index (χ1) is 20.5. The molecule has 0 bridgehead atoms. The molecule has 250 valence electrons. The first-order valence-corrected chi connectivity index (χ1v) is 15.5. The second-order valence-corrected chi connectivity index (χ2v) is 15.5. The highest BCUT2D eigenvalue weighted by molar-refractivity contribution is 5.78. The summed E-state index contributed by atoms with van der Waals surface area (Å²) in [6, 6.07) is 2.69. The number of aromatic nitrogens is 3. The van der Waals surface area contributed by atoms with Gasteiger partial charge in [0.05, 0.1) is 28.8 Å². The zero-order valence-corrected chi connectivity index (χ0v) is 29.0. The molecule has 3 heterocycles. The summed E-state index contributed by atoms with van der Waals surface area (Å²) in [5.41, 5.74) is -2.27. The summed E-state index contributed by atoms with van der Waals surface area (Å²) in [4.78, 5) is 32.2. The molecule has 3 rings (SSSR count). The molecule has 2 unspecified atom stereocenters. The predicted octanol–water partition coefficient (Wildman–Crippen LogP) is 7.55. The standard InChI is InChI=1S/C34H52FN5O5/c1-14-45-21(4)22-16-25(37-26-15-19(2)40(38-26)33(11,12)13)36-23(27(22)35)17-34(29(41)42)24(31(5,6)7)18-39(30(43)44)20(3)28(34)32(8,9)10/h15-16,20,24,28H,4,14,17-18H2,1-3,5-13H3,(H,41,42)(H,43,44)(H,36,37,38)/t20-,24?,28?,34-/m1/s1. The van der Waals surface area contributed by atoms with Crippen LogP contribution in [-0.4, -0.2) is 61.1 Å². The van der Waals surface area contributed by atoms with Crippen molar-refractivity contribution in [3.63, 3.8) is 0 Å². The van der Waals surface area contributed by atoms with E-state index in [1.807, 2.05) is 80.0 Å². The molecule has 0 saturated carbocycles. The number of nitrogens with one attached hydrogen (secondary N) is 1. The van der Waals surface area contributed by atoms with Gasteiger partial charge in [0.1, 0.15) is 11.6 Å². The number of carboxylic acid groups (broad SMARTS) is 2. The molecule has 2 aromatic heterocycles. The Hall–Kier alpha value is -3.63. The number of aryl methyl sites for hydroxylation is 1. The molecule has 10 nitrogen and oxygen atoms in total. The molecule has 3 N–H and O–H groups in total. The van der Waals surface area contributed by atoms with Crippen LogP contribution in [0.4, 0.5) is 20.8 Å². The van der Waals surface area contributed by atoms with E-state index in [4.69, 9.17) is 4.74 Å². The van der Waals surface area contributed by atoms with E-state index >= 15 is 4.39 Å². The minimum Gasteiger partial charge on any atom is -0.494 e. The molecule has 45 heavy (non-hydrogen) atoms. The van der Waals surface area contributed by atoms with E-state index in [-0.39, 0.29) is 47.9 Å². The number of rotatable bonds is 8. The largest absolute Gasteiger partial charge is 0.494 e. The number of hydrogen-bond acceptors (Lipinski definition) is 6. The molecule has 0 spiro atoms. The van der Waals surface area contributed by atoms with Gasteiger partial charge in [-0.25, -0.2) is 14.2 Å². The van der Waals surface area contributed by atoms with Crippen LogP contribution in [0.1, 0.15) is 93.1 Å². The molecule has 1 aliphatic rings. The molecule has 1 aliphatic heterocycles. The minimum atomic E-state index is -1.58. The molecule has 1 fully saturated rings. The second-order valence-electron chi connectivity index (χ2n) is 15.5. The second kappa shape index (κ2) is 12.3. The molecule has 0 aromatic carbocycles. The van der Waals surface area contributed by atoms with Crippen LogP contribution in [0.5, 0.6) is 0 Å². The van der Waals surface area contributed by atoms with Crippen molar-refractivity contribution in [1.82, 2.24) is 19.7 Å². The molecule has 0 radical (unpaired) electrons. The van der Waals surface area contributed by atoms with Crippen molar-refractivity contribution in [2.45, 2.75) is 101 Å². The Kier molecular flexibility index (Phi) is 9.79. The van der Waals surface area contributed by atoms with Gasteiger partial charge in [-0.3, -0.25) is 9.48 Å². The summed E-state index contributed by atoms with van der Waals surface area (Å²) in [7, 11) is 0. The van der Waals surface area contributed by atoms with Gasteiger partial charge in [0.15, 0.2) is 11.6 Å². The predicted molar refractivity (Wildman–Crippen MR) is 174 cm³/mol. The topological polar surface area (TPSA) is 130 Å². The van der Waals surface area contributed by atoms with Crippen LogP contribution in [0.25, 0.3) is 5.76 Å². The number of pyridine rings is 1. The minimum absolute atomic E-state index is 0.0134. The number of carboxylic acids is 1. The maximum atomic E-state index is 16.6. The molecular weight excluding hydrogens is 577 g/mol. The number of ether oxygens (including phenoxy) is 1. The maximum absolute atomic E-state index is 16.6. The van der Waals surface area contributed by atoms with Gasteiger partial charge in [-0.05, 0) is 64.4 Å². The van der Waals surface area contributed by atoms with Gasteiger partial charge >= 0.3 is 12.1 Å². The highest BCUT2D eigenvalue weighted by atomic mass is 19.1. The Morgan fingerprint density at radius 2 is 1.69 bits per heavy atom. The van der Waals surface area contributed by atoms with Gasteiger partial charge in [-0.1, -0.05) is 48.1 Å². The highest BCUT2D eigenvalue weighted by Crippen LogP contribution is 2.58. The summed E-state index contributed by atoms with van der Waals surface area (Å²) in [5.74, 6) is -2.35. The van der Waals surface area contributed by atoms with Crippen molar-refractivity contribution in [3.8, 4) is 0 Å². The third kappa shape index (κ3) is 6.97. The molecule has 4 atom stereocenters. The van der Waals surface area contributed by atoms with Crippen LogP contribution in [0.2, 0.25) is 0 Å². The summed E-state index contributed by atoms with van der Waals surface area (Å²) in [6.45, 7) is 27.2. The summed E-state index contributed by atoms with van der Waals surface area (Å²) < 4.78 is 24.1. The van der Waals surface area contributed by atoms with Crippen LogP contribution in [0.15, 0.2) is 18.7 Å². The van der Waals surface area contributed by atoms with Gasteiger partial charge < -0.3 is 25.2 Å². The molecule has 1 amide bonds. The van der Waals surface area contributed by atoms with E-state index < -0.39 is 52.0 Å². The summed E-state index contributed by atoms with van der Waals surface area (Å²) in [5, 5.41) is 29.3. The fourth-order valence-corrected chi connectivity index (χ4v) is 7.58. The third-order valence-corrected chi connectivity index (χ3v) is 9.04. The van der Waals surface area contributed by atoms with Crippen LogP contribution in [0, 0.1) is 40.8 Å². The molecule has 11 heteroatoms. The molecule has 2 aromatic rings. The van der Waals surface area contributed by atoms with Crippen LogP contribution in [-0.2, 0) is 21.5 Å². The number of amides is 1. The van der Waals surface area contributed by atoms with Crippen molar-refractivity contribution in [1.29, 1.82) is 0 Å². The third-order valence-electron chi connectivity index (χ3n) is 9.04. The maximum Gasteiger partial charge on any atom is 0.407 e. The molecule has 1 saturated heterocycles. The zero-order valence-electron chi connectivity index (χ0n) is 29.0. The Morgan fingerprint density at radius 1 is 1.09 bits per heavy atom. The number of aliphatic carboxylic acids is 1. The highest BCUT2D eigenvalue weighted by Gasteiger charge is 2.64. The Morgan fingerprint density at radius 3 is 2.13 bits per heavy atom. The Balaban J connectivity index is 2.32. The monoisotopic (exact) mass is 629 g/mol. The fraction of sp³-hybridized carbons (Fsp3) is 0.647. The number of likely N-dealkylation sites (tertiary alicyclic amines) is 1. The van der Waals surface area contributed by atoms with E-state index in [0.29, 0.717) is 5.82 Å². The van der Waals surface area contributed by atoms with Gasteiger partial charge in [0.2, 0.25) is 0 Å². The van der Waals surface area contributed by atoms with E-state index in [1.54, 1.807) is 13.8 Å². The van der Waals surface area contributed by atoms with Gasteiger partial charge in [0.25, 0.3) is 0 Å². The van der Waals surface area contributed by atoms with Crippen molar-refractivity contribution in [2.24, 2.45) is 28.1 Å². The van der Waals surface area contributed by atoms with Crippen LogP contribution in [0.3, 0.4) is 0 Å². The SMILES string of the molecule is C=C(OCC)c1cc(Nc2cc(C)n(C(C)(C)C)n2)nc(C[C@@]2(C(=O)O)C(C(C)(C)C)CN(C(=O)O)[C@H](C)C2C(C)(C)C)c1F. The first kappa shape index (κ1) is 35.8. The number of anilines is 2. The normalized spacial score (nSPS) is 22.7. The number of hydrogen-bond donors (Lipinski definition) is 3. The van der Waals surface area contributed by atoms with Gasteiger partial charge in [0, 0.05) is 36.7 Å². The lowest BCUT2D eigenvalue weighted by Crippen LogP contribution is -2.68. The quantitative estimate of drug-likeness (QED) is 0.255. The van der Waals surface area contributed by atoms with E-state index in [1.165, 1.54) is 11.0 Å². The van der Waals surface area contributed by atoms with Gasteiger partial charge in [-0.2, -0.15) is 5.10 Å². The van der Waals surface area contributed by atoms with E-state index in [2.05, 4.69) is 22.0 Å². The smallest absolute Gasteiger partial charge is 0.407 e. The lowest BCUT2D eigenvalue weighted by molar-refractivity contribution is -0.184. The van der Waals surface area contributed by atoms with Crippen molar-refractivity contribution in [2.75, 3.05) is 18.5 Å². The average Bonchev–Trinajstić information content (AvgIpc) is 3.24. The number of carbonyl (C=O) groups is 2. The lowest BCUT2D eigenvalue weighted by Gasteiger charge is -2.60. The molecule has 0 aliphatic carbocycles. The van der Waals surface area contributed by atoms with Crippen molar-refractivity contribution < 1.29 is 28.9 Å². The number of halogens is 1. The Bertz CT molecular complexity index is 1450. The number of nitrogens with zero attached hydrogens (tertiary/aromatic N) is 4.